The van der Waals surface area contributed by atoms with Crippen molar-refractivity contribution >= 4 is 11.9 Å². The van der Waals surface area contributed by atoms with Gasteiger partial charge in [-0.3, -0.25) is 4.79 Å². The fourth-order valence-corrected chi connectivity index (χ4v) is 2.52. The number of fused-ring (bicyclic) bond motifs is 1. The number of para-hydroxylation sites is 1. The van der Waals surface area contributed by atoms with Gasteiger partial charge in [0.15, 0.2) is 17.3 Å². The molecule has 1 aliphatic rings. The zero-order valence-electron chi connectivity index (χ0n) is 13.1. The highest BCUT2D eigenvalue weighted by molar-refractivity contribution is 6.14. The Morgan fingerprint density at radius 1 is 0.913 bits per heavy atom. The Labute approximate surface area is 134 Å². The van der Waals surface area contributed by atoms with Gasteiger partial charge in [-0.1, -0.05) is 12.1 Å². The van der Waals surface area contributed by atoms with Gasteiger partial charge in [0.25, 0.3) is 0 Å². The molecule has 0 saturated heterocycles. The Morgan fingerprint density at radius 2 is 1.65 bits per heavy atom. The molecular weight excluding hydrogens is 296 g/mol. The first kappa shape index (κ1) is 15.0. The van der Waals surface area contributed by atoms with Crippen LogP contribution in [0.5, 0.6) is 23.0 Å². The van der Waals surface area contributed by atoms with Crippen LogP contribution in [0.1, 0.15) is 15.9 Å². The van der Waals surface area contributed by atoms with Gasteiger partial charge >= 0.3 is 0 Å². The van der Waals surface area contributed by atoms with Crippen LogP contribution in [-0.2, 0) is 0 Å². The maximum atomic E-state index is 12.4. The number of ether oxygens (including phenoxy) is 4. The molecule has 5 nitrogen and oxygen atoms in total. The van der Waals surface area contributed by atoms with E-state index in [0.29, 0.717) is 34.1 Å². The Morgan fingerprint density at radius 3 is 2.30 bits per heavy atom. The van der Waals surface area contributed by atoms with E-state index < -0.39 is 0 Å². The third kappa shape index (κ3) is 2.50. The second-order valence-corrected chi connectivity index (χ2v) is 4.86. The van der Waals surface area contributed by atoms with Crippen molar-refractivity contribution < 1.29 is 23.7 Å². The number of carbonyl (C=O) groups is 1. The SMILES string of the molecule is COc1ccc(/C=C2\Oc3ccccc3C2=O)c(OC)c1OC. The molecule has 0 aliphatic carbocycles. The van der Waals surface area contributed by atoms with E-state index in [1.165, 1.54) is 14.2 Å². The predicted octanol–water partition coefficient (Wildman–Crippen LogP) is 3.33. The number of rotatable bonds is 4. The quantitative estimate of drug-likeness (QED) is 0.811. The van der Waals surface area contributed by atoms with Gasteiger partial charge in [-0.15, -0.1) is 0 Å². The van der Waals surface area contributed by atoms with Gasteiger partial charge in [-0.25, -0.2) is 0 Å². The van der Waals surface area contributed by atoms with Gasteiger partial charge in [-0.05, 0) is 30.3 Å². The summed E-state index contributed by atoms with van der Waals surface area (Å²) in [7, 11) is 4.62. The first-order chi connectivity index (χ1) is 11.2. The molecule has 0 aromatic heterocycles. The minimum Gasteiger partial charge on any atom is -0.493 e. The standard InChI is InChI=1S/C18H16O5/c1-20-14-9-8-11(17(21-2)18(14)22-3)10-15-16(19)12-6-4-5-7-13(12)23-15/h4-10H,1-3H3/b15-10-. The maximum absolute atomic E-state index is 12.4. The molecule has 0 radical (unpaired) electrons. The molecule has 2 aromatic rings. The van der Waals surface area contributed by atoms with Crippen LogP contribution in [0.4, 0.5) is 0 Å². The van der Waals surface area contributed by atoms with Gasteiger partial charge in [0.05, 0.1) is 26.9 Å². The molecule has 0 bridgehead atoms. The van der Waals surface area contributed by atoms with E-state index in [1.54, 1.807) is 43.5 Å². The average molecular weight is 312 g/mol. The lowest BCUT2D eigenvalue weighted by Gasteiger charge is -2.14. The first-order valence-corrected chi connectivity index (χ1v) is 7.01. The number of allylic oxidation sites excluding steroid dienone is 1. The fraction of sp³-hybridized carbons (Fsp3) is 0.167. The van der Waals surface area contributed by atoms with Crippen LogP contribution in [0, 0.1) is 0 Å². The molecule has 0 atom stereocenters. The van der Waals surface area contributed by atoms with Crippen molar-refractivity contribution in [2.75, 3.05) is 21.3 Å². The van der Waals surface area contributed by atoms with E-state index in [2.05, 4.69) is 0 Å². The minimum absolute atomic E-state index is 0.155. The predicted molar refractivity (Wildman–Crippen MR) is 85.5 cm³/mol. The van der Waals surface area contributed by atoms with Crippen molar-refractivity contribution in [1.82, 2.24) is 0 Å². The van der Waals surface area contributed by atoms with Crippen LogP contribution in [0.2, 0.25) is 0 Å². The highest BCUT2D eigenvalue weighted by Crippen LogP contribution is 2.41. The van der Waals surface area contributed by atoms with Gasteiger partial charge in [-0.2, -0.15) is 0 Å². The van der Waals surface area contributed by atoms with Gasteiger partial charge < -0.3 is 18.9 Å². The summed E-state index contributed by atoms with van der Waals surface area (Å²) < 4.78 is 21.7. The molecular formula is C18H16O5. The normalized spacial score (nSPS) is 14.4. The molecule has 23 heavy (non-hydrogen) atoms. The van der Waals surface area contributed by atoms with Crippen LogP contribution >= 0.6 is 0 Å². The minimum atomic E-state index is -0.155. The molecule has 1 aliphatic heterocycles. The molecule has 0 N–H and O–H groups in total. The van der Waals surface area contributed by atoms with Crippen molar-refractivity contribution in [3.05, 3.63) is 53.3 Å². The summed E-state index contributed by atoms with van der Waals surface area (Å²) in [6.07, 6.45) is 1.64. The highest BCUT2D eigenvalue weighted by Gasteiger charge is 2.27. The lowest BCUT2D eigenvalue weighted by molar-refractivity contribution is 0.101. The van der Waals surface area contributed by atoms with Crippen LogP contribution < -0.4 is 18.9 Å². The zero-order chi connectivity index (χ0) is 16.4. The number of hydrogen-bond donors (Lipinski definition) is 0. The topological polar surface area (TPSA) is 54.0 Å². The van der Waals surface area contributed by atoms with Crippen molar-refractivity contribution in [2.45, 2.75) is 0 Å². The van der Waals surface area contributed by atoms with E-state index in [9.17, 15) is 4.79 Å². The summed E-state index contributed by atoms with van der Waals surface area (Å²) in [5.41, 5.74) is 1.22. The number of benzene rings is 2. The van der Waals surface area contributed by atoms with E-state index in [1.807, 2.05) is 6.07 Å². The van der Waals surface area contributed by atoms with Gasteiger partial charge in [0, 0.05) is 5.56 Å². The zero-order valence-corrected chi connectivity index (χ0v) is 13.1. The van der Waals surface area contributed by atoms with E-state index >= 15 is 0 Å². The highest BCUT2D eigenvalue weighted by atomic mass is 16.5. The summed E-state index contributed by atoms with van der Waals surface area (Å²) in [5.74, 6) is 2.14. The van der Waals surface area contributed by atoms with Crippen LogP contribution in [0.15, 0.2) is 42.2 Å². The lowest BCUT2D eigenvalue weighted by atomic mass is 10.1. The van der Waals surface area contributed by atoms with Gasteiger partial charge in [0.1, 0.15) is 5.75 Å². The molecule has 3 rings (SSSR count). The molecule has 0 saturated carbocycles. The number of ketones is 1. The molecule has 1 heterocycles. The summed E-state index contributed by atoms with van der Waals surface area (Å²) in [4.78, 5) is 12.4. The van der Waals surface area contributed by atoms with Gasteiger partial charge in [0.2, 0.25) is 11.5 Å². The third-order valence-electron chi connectivity index (χ3n) is 3.60. The molecule has 0 amide bonds. The Kier molecular flexibility index (Phi) is 3.93. The average Bonchev–Trinajstić information content (AvgIpc) is 2.90. The monoisotopic (exact) mass is 312 g/mol. The van der Waals surface area contributed by atoms with Crippen LogP contribution in [0.3, 0.4) is 0 Å². The largest absolute Gasteiger partial charge is 0.493 e. The molecule has 5 heteroatoms. The summed E-state index contributed by atoms with van der Waals surface area (Å²) in [6.45, 7) is 0. The number of Topliss-reactive ketones (excluding diaryl/α,β-unsaturated/α-hetero) is 1. The smallest absolute Gasteiger partial charge is 0.231 e. The first-order valence-electron chi connectivity index (χ1n) is 7.01. The number of carbonyl (C=O) groups excluding carboxylic acids is 1. The Bertz CT molecular complexity index is 792. The van der Waals surface area contributed by atoms with E-state index in [0.717, 1.165) is 0 Å². The van der Waals surface area contributed by atoms with E-state index in [-0.39, 0.29) is 11.5 Å². The van der Waals surface area contributed by atoms with E-state index in [4.69, 9.17) is 18.9 Å². The summed E-state index contributed by atoms with van der Waals surface area (Å²) in [5, 5.41) is 0. The lowest BCUT2D eigenvalue weighted by Crippen LogP contribution is -2.00. The molecule has 0 unspecified atom stereocenters. The summed E-state index contributed by atoms with van der Waals surface area (Å²) >= 11 is 0. The molecule has 0 spiro atoms. The molecule has 118 valence electrons. The Balaban J connectivity index is 2.06. The molecule has 0 fully saturated rings. The van der Waals surface area contributed by atoms with Crippen LogP contribution in [0.25, 0.3) is 6.08 Å². The number of methoxy groups -OCH3 is 3. The fourth-order valence-electron chi connectivity index (χ4n) is 2.52. The second-order valence-electron chi connectivity index (χ2n) is 4.86. The van der Waals surface area contributed by atoms with Crippen molar-refractivity contribution in [2.24, 2.45) is 0 Å². The Hall–Kier alpha value is -2.95. The maximum Gasteiger partial charge on any atom is 0.231 e. The third-order valence-corrected chi connectivity index (χ3v) is 3.60. The summed E-state index contributed by atoms with van der Waals surface area (Å²) in [6, 6.07) is 10.7. The number of hydrogen-bond acceptors (Lipinski definition) is 5. The van der Waals surface area contributed by atoms with Crippen molar-refractivity contribution in [1.29, 1.82) is 0 Å². The molecule has 2 aromatic carbocycles. The van der Waals surface area contributed by atoms with Crippen molar-refractivity contribution in [3.63, 3.8) is 0 Å². The second kappa shape index (κ2) is 6.04. The van der Waals surface area contributed by atoms with Crippen molar-refractivity contribution in [3.8, 4) is 23.0 Å². The van der Waals surface area contributed by atoms with Crippen LogP contribution in [-0.4, -0.2) is 27.1 Å².